The van der Waals surface area contributed by atoms with Crippen molar-refractivity contribution in [1.82, 2.24) is 4.90 Å². The summed E-state index contributed by atoms with van der Waals surface area (Å²) < 4.78 is 0.990. The summed E-state index contributed by atoms with van der Waals surface area (Å²) >= 11 is 3.42. The average molecular weight is 441 g/mol. The molecule has 0 aromatic heterocycles. The summed E-state index contributed by atoms with van der Waals surface area (Å²) in [6, 6.07) is 14.1. The van der Waals surface area contributed by atoms with Gasteiger partial charge < -0.3 is 10.2 Å². The Morgan fingerprint density at radius 3 is 2.75 bits per heavy atom. The summed E-state index contributed by atoms with van der Waals surface area (Å²) in [4.78, 5) is 15.1. The van der Waals surface area contributed by atoms with Crippen LogP contribution in [0.25, 0.3) is 0 Å². The van der Waals surface area contributed by atoms with Crippen LogP contribution in [0.1, 0.15) is 40.7 Å². The SMILES string of the molecule is C=CCN(C)CCCCCc1ccc2c(c1)CC(C(=O)c1ccc(Br)cc1)N2. The lowest BCUT2D eigenvalue weighted by molar-refractivity contribution is 0.0971. The van der Waals surface area contributed by atoms with E-state index >= 15 is 0 Å². The van der Waals surface area contributed by atoms with Crippen LogP contribution in [-0.4, -0.2) is 36.9 Å². The first kappa shape index (κ1) is 20.8. The molecule has 1 N–H and O–H groups in total. The third kappa shape index (κ3) is 5.55. The molecule has 0 saturated heterocycles. The number of unbranched alkanes of at least 4 members (excludes halogenated alkanes) is 2. The third-order valence-corrected chi connectivity index (χ3v) is 5.84. The maximum absolute atomic E-state index is 12.8. The van der Waals surface area contributed by atoms with Gasteiger partial charge in [0.05, 0.1) is 6.04 Å². The Bertz CT molecular complexity index is 816. The van der Waals surface area contributed by atoms with E-state index in [0.717, 1.165) is 41.7 Å². The van der Waals surface area contributed by atoms with Crippen molar-refractivity contribution >= 4 is 27.4 Å². The van der Waals surface area contributed by atoms with Crippen LogP contribution < -0.4 is 5.32 Å². The Hall–Kier alpha value is -1.91. The molecule has 0 aliphatic carbocycles. The highest BCUT2D eigenvalue weighted by atomic mass is 79.9. The highest BCUT2D eigenvalue weighted by Crippen LogP contribution is 2.29. The van der Waals surface area contributed by atoms with Crippen LogP contribution in [-0.2, 0) is 12.8 Å². The molecule has 148 valence electrons. The number of nitrogens with zero attached hydrogens (tertiary/aromatic N) is 1. The van der Waals surface area contributed by atoms with Gasteiger partial charge in [-0.15, -0.1) is 6.58 Å². The van der Waals surface area contributed by atoms with E-state index in [1.165, 1.54) is 30.4 Å². The number of fused-ring (bicyclic) bond motifs is 1. The summed E-state index contributed by atoms with van der Waals surface area (Å²) in [5.74, 6) is 0.161. The maximum Gasteiger partial charge on any atom is 0.185 e. The second-order valence-electron chi connectivity index (χ2n) is 7.63. The van der Waals surface area contributed by atoms with Crippen LogP contribution in [0, 0.1) is 0 Å². The van der Waals surface area contributed by atoms with Crippen molar-refractivity contribution in [1.29, 1.82) is 0 Å². The first-order chi connectivity index (χ1) is 13.6. The molecule has 1 aliphatic rings. The quantitative estimate of drug-likeness (QED) is 0.300. The lowest BCUT2D eigenvalue weighted by Crippen LogP contribution is -2.26. The van der Waals surface area contributed by atoms with Crippen molar-refractivity contribution in [3.05, 3.63) is 76.3 Å². The van der Waals surface area contributed by atoms with Crippen LogP contribution in [0.5, 0.6) is 0 Å². The minimum atomic E-state index is -0.160. The Morgan fingerprint density at radius 1 is 1.21 bits per heavy atom. The predicted octanol–water partition coefficient (Wildman–Crippen LogP) is 5.50. The number of hydrogen-bond donors (Lipinski definition) is 1. The molecule has 0 spiro atoms. The molecule has 28 heavy (non-hydrogen) atoms. The number of Topliss-reactive ketones (excluding diaryl/α,β-unsaturated/α-hetero) is 1. The third-order valence-electron chi connectivity index (χ3n) is 5.31. The molecule has 0 bridgehead atoms. The zero-order valence-electron chi connectivity index (χ0n) is 16.6. The lowest BCUT2D eigenvalue weighted by atomic mass is 9.99. The molecule has 0 saturated carbocycles. The molecule has 3 rings (SSSR count). The second-order valence-corrected chi connectivity index (χ2v) is 8.54. The van der Waals surface area contributed by atoms with E-state index in [1.54, 1.807) is 0 Å². The number of likely N-dealkylation sites (N-methyl/N-ethyl adjacent to an activating group) is 1. The number of anilines is 1. The summed E-state index contributed by atoms with van der Waals surface area (Å²) in [7, 11) is 2.14. The number of carbonyl (C=O) groups is 1. The van der Waals surface area contributed by atoms with Gasteiger partial charge in [-0.25, -0.2) is 0 Å². The Morgan fingerprint density at radius 2 is 2.00 bits per heavy atom. The van der Waals surface area contributed by atoms with Crippen molar-refractivity contribution in [2.75, 3.05) is 25.5 Å². The molecule has 1 unspecified atom stereocenters. The molecule has 0 radical (unpaired) electrons. The van der Waals surface area contributed by atoms with E-state index in [0.29, 0.717) is 0 Å². The van der Waals surface area contributed by atoms with Crippen molar-refractivity contribution in [3.63, 3.8) is 0 Å². The van der Waals surface area contributed by atoms with Crippen molar-refractivity contribution in [2.24, 2.45) is 0 Å². The smallest absolute Gasteiger partial charge is 0.185 e. The summed E-state index contributed by atoms with van der Waals surface area (Å²) in [6.45, 7) is 5.86. The van der Waals surface area contributed by atoms with E-state index in [9.17, 15) is 4.79 Å². The van der Waals surface area contributed by atoms with Crippen molar-refractivity contribution < 1.29 is 4.79 Å². The zero-order chi connectivity index (χ0) is 19.9. The fraction of sp³-hybridized carbons (Fsp3) is 0.375. The molecule has 3 nitrogen and oxygen atoms in total. The molecule has 0 fully saturated rings. The number of hydrogen-bond acceptors (Lipinski definition) is 3. The summed E-state index contributed by atoms with van der Waals surface area (Å²) in [6.07, 6.45) is 7.49. The number of ketones is 1. The molecule has 1 heterocycles. The van der Waals surface area contributed by atoms with Crippen LogP contribution in [0.3, 0.4) is 0 Å². The Balaban J connectivity index is 1.49. The molecule has 1 atom stereocenters. The van der Waals surface area contributed by atoms with Crippen LogP contribution in [0.15, 0.2) is 59.6 Å². The molecule has 2 aromatic carbocycles. The maximum atomic E-state index is 12.8. The standard InChI is InChI=1S/C24H29BrN2O/c1-3-14-27(2)15-6-4-5-7-18-8-13-22-20(16-18)17-23(26-22)24(28)19-9-11-21(25)12-10-19/h3,8-13,16,23,26H,1,4-7,14-15,17H2,2H3. The first-order valence-electron chi connectivity index (χ1n) is 10.0. The van der Waals surface area contributed by atoms with Crippen LogP contribution >= 0.6 is 15.9 Å². The van der Waals surface area contributed by atoms with Gasteiger partial charge in [-0.05, 0) is 62.2 Å². The monoisotopic (exact) mass is 440 g/mol. The lowest BCUT2D eigenvalue weighted by Gasteiger charge is -2.13. The van der Waals surface area contributed by atoms with Gasteiger partial charge in [0.2, 0.25) is 0 Å². The van der Waals surface area contributed by atoms with E-state index in [4.69, 9.17) is 0 Å². The summed E-state index contributed by atoms with van der Waals surface area (Å²) in [5, 5.41) is 3.40. The molecule has 2 aromatic rings. The van der Waals surface area contributed by atoms with E-state index in [2.05, 4.69) is 58.0 Å². The van der Waals surface area contributed by atoms with Gasteiger partial charge in [-0.2, -0.15) is 0 Å². The van der Waals surface area contributed by atoms with Gasteiger partial charge in [-0.1, -0.05) is 52.7 Å². The average Bonchev–Trinajstić information content (AvgIpc) is 3.11. The Kier molecular flexibility index (Phi) is 7.46. The molecule has 4 heteroatoms. The van der Waals surface area contributed by atoms with Crippen LogP contribution in [0.4, 0.5) is 5.69 Å². The number of rotatable bonds is 10. The van der Waals surface area contributed by atoms with Crippen molar-refractivity contribution in [2.45, 2.75) is 38.1 Å². The number of halogens is 1. The van der Waals surface area contributed by atoms with E-state index in [-0.39, 0.29) is 11.8 Å². The molecular weight excluding hydrogens is 412 g/mol. The highest BCUT2D eigenvalue weighted by Gasteiger charge is 2.27. The van der Waals surface area contributed by atoms with E-state index in [1.807, 2.05) is 30.3 Å². The van der Waals surface area contributed by atoms with Gasteiger partial charge >= 0.3 is 0 Å². The van der Waals surface area contributed by atoms with E-state index < -0.39 is 0 Å². The Labute approximate surface area is 177 Å². The number of nitrogens with one attached hydrogen (secondary N) is 1. The minimum Gasteiger partial charge on any atom is -0.374 e. The first-order valence-corrected chi connectivity index (χ1v) is 10.8. The fourth-order valence-electron chi connectivity index (χ4n) is 3.74. The molecular formula is C24H29BrN2O. The van der Waals surface area contributed by atoms with Gasteiger partial charge in [-0.3, -0.25) is 4.79 Å². The normalized spacial score (nSPS) is 15.3. The second kappa shape index (κ2) is 10.0. The minimum absolute atomic E-state index is 0.160. The summed E-state index contributed by atoms with van der Waals surface area (Å²) in [5.41, 5.74) is 4.50. The number of benzene rings is 2. The van der Waals surface area contributed by atoms with Crippen LogP contribution in [0.2, 0.25) is 0 Å². The fourth-order valence-corrected chi connectivity index (χ4v) is 4.01. The molecule has 0 amide bonds. The zero-order valence-corrected chi connectivity index (χ0v) is 18.2. The van der Waals surface area contributed by atoms with Gasteiger partial charge in [0.15, 0.2) is 5.78 Å². The molecule has 1 aliphatic heterocycles. The number of carbonyl (C=O) groups excluding carboxylic acids is 1. The number of aryl methyl sites for hydroxylation is 1. The predicted molar refractivity (Wildman–Crippen MR) is 121 cm³/mol. The van der Waals surface area contributed by atoms with Gasteiger partial charge in [0.1, 0.15) is 0 Å². The highest BCUT2D eigenvalue weighted by molar-refractivity contribution is 9.10. The van der Waals surface area contributed by atoms with Crippen molar-refractivity contribution in [3.8, 4) is 0 Å². The van der Waals surface area contributed by atoms with Gasteiger partial charge in [0, 0.05) is 28.7 Å². The topological polar surface area (TPSA) is 32.3 Å². The largest absolute Gasteiger partial charge is 0.374 e. The van der Waals surface area contributed by atoms with Gasteiger partial charge in [0.25, 0.3) is 0 Å².